The molecule has 3 aromatic rings. The number of carbonyl (C=O) groups is 2. The van der Waals surface area contributed by atoms with E-state index in [4.69, 9.17) is 23.2 Å². The number of thiophene rings is 1. The normalized spacial score (nSPS) is 20.3. The highest BCUT2D eigenvalue weighted by Gasteiger charge is 2.35. The zero-order valence-electron chi connectivity index (χ0n) is 20.4. The fourth-order valence-electron chi connectivity index (χ4n) is 5.25. The number of halogens is 2. The summed E-state index contributed by atoms with van der Waals surface area (Å²) in [6, 6.07) is 15.7. The Hall–Kier alpha value is -2.38. The second kappa shape index (κ2) is 10.5. The van der Waals surface area contributed by atoms with Crippen molar-refractivity contribution in [2.75, 3.05) is 32.7 Å². The number of hydrogen-bond acceptors (Lipinski definition) is 4. The maximum absolute atomic E-state index is 13.5. The number of carbonyl (C=O) groups excluding carboxylic acids is 2. The average molecular weight is 543 g/mol. The molecule has 8 heteroatoms. The standard InChI is InChI=1S/C28H29Cl2N3O2S/c1-18-3-5-20(6-4-18)27-23-10-14-36-25(23)9-11-32(27)17-26(34)31-12-13-33(19(2)16-31)28(35)22-8-7-21(29)15-24(22)30/h3-8,10,14-15,19,27H,9,11-13,16-17H2,1-2H3/t19-,27-/m0/s1. The fraction of sp³-hybridized carbons (Fsp3) is 0.357. The van der Waals surface area contributed by atoms with E-state index in [0.717, 1.165) is 13.0 Å². The quantitative estimate of drug-likeness (QED) is 0.426. The predicted octanol–water partition coefficient (Wildman–Crippen LogP) is 5.68. The maximum atomic E-state index is 13.5. The lowest BCUT2D eigenvalue weighted by Gasteiger charge is -2.42. The number of aryl methyl sites for hydroxylation is 1. The molecule has 0 bridgehead atoms. The Balaban J connectivity index is 1.28. The van der Waals surface area contributed by atoms with Crippen molar-refractivity contribution in [3.8, 4) is 0 Å². The number of fused-ring (bicyclic) bond motifs is 1. The Morgan fingerprint density at radius 1 is 1.03 bits per heavy atom. The van der Waals surface area contributed by atoms with Crippen LogP contribution in [0.4, 0.5) is 0 Å². The lowest BCUT2D eigenvalue weighted by Crippen LogP contribution is -2.57. The van der Waals surface area contributed by atoms with Crippen LogP contribution in [0.3, 0.4) is 0 Å². The first kappa shape index (κ1) is 25.3. The van der Waals surface area contributed by atoms with Gasteiger partial charge in [0.15, 0.2) is 0 Å². The Bertz CT molecular complexity index is 1280. The van der Waals surface area contributed by atoms with Crippen LogP contribution >= 0.6 is 34.5 Å². The van der Waals surface area contributed by atoms with Crippen molar-refractivity contribution in [3.05, 3.63) is 91.1 Å². The lowest BCUT2D eigenvalue weighted by atomic mass is 9.92. The zero-order valence-corrected chi connectivity index (χ0v) is 22.7. The molecule has 0 N–H and O–H groups in total. The fourth-order valence-corrected chi connectivity index (χ4v) is 6.65. The third-order valence-electron chi connectivity index (χ3n) is 7.20. The maximum Gasteiger partial charge on any atom is 0.255 e. The summed E-state index contributed by atoms with van der Waals surface area (Å²) in [5, 5.41) is 3.00. The molecule has 1 fully saturated rings. The number of benzene rings is 2. The third kappa shape index (κ3) is 5.05. The van der Waals surface area contributed by atoms with Gasteiger partial charge < -0.3 is 9.80 Å². The Morgan fingerprint density at radius 2 is 1.81 bits per heavy atom. The molecule has 2 atom stereocenters. The van der Waals surface area contributed by atoms with Gasteiger partial charge in [-0.2, -0.15) is 0 Å². The van der Waals surface area contributed by atoms with Crippen LogP contribution in [0.2, 0.25) is 10.0 Å². The van der Waals surface area contributed by atoms with Crippen molar-refractivity contribution < 1.29 is 9.59 Å². The molecule has 3 heterocycles. The minimum atomic E-state index is -0.128. The summed E-state index contributed by atoms with van der Waals surface area (Å²) >= 11 is 14.1. The molecule has 5 nitrogen and oxygen atoms in total. The van der Waals surface area contributed by atoms with E-state index in [1.165, 1.54) is 21.6 Å². The minimum absolute atomic E-state index is 0.0805. The molecule has 2 aliphatic rings. The first-order valence-corrected chi connectivity index (χ1v) is 13.9. The third-order valence-corrected chi connectivity index (χ3v) is 8.74. The van der Waals surface area contributed by atoms with E-state index in [0.29, 0.717) is 41.8 Å². The molecule has 0 spiro atoms. The molecule has 0 saturated carbocycles. The van der Waals surface area contributed by atoms with Gasteiger partial charge >= 0.3 is 0 Å². The topological polar surface area (TPSA) is 43.9 Å². The van der Waals surface area contributed by atoms with Gasteiger partial charge in [0, 0.05) is 42.1 Å². The molecule has 2 amide bonds. The molecular weight excluding hydrogens is 513 g/mol. The summed E-state index contributed by atoms with van der Waals surface area (Å²) in [5.41, 5.74) is 4.19. The largest absolute Gasteiger partial charge is 0.338 e. The predicted molar refractivity (Wildman–Crippen MR) is 146 cm³/mol. The lowest BCUT2D eigenvalue weighted by molar-refractivity contribution is -0.135. The van der Waals surface area contributed by atoms with E-state index < -0.39 is 0 Å². The number of nitrogens with zero attached hydrogens (tertiary/aromatic N) is 3. The number of hydrogen-bond donors (Lipinski definition) is 0. The van der Waals surface area contributed by atoms with Gasteiger partial charge in [-0.3, -0.25) is 14.5 Å². The van der Waals surface area contributed by atoms with Crippen molar-refractivity contribution in [2.45, 2.75) is 32.4 Å². The summed E-state index contributed by atoms with van der Waals surface area (Å²) in [6.45, 7) is 6.76. The highest BCUT2D eigenvalue weighted by molar-refractivity contribution is 7.10. The van der Waals surface area contributed by atoms with E-state index in [2.05, 4.69) is 47.5 Å². The SMILES string of the molecule is Cc1ccc([C@H]2c3ccsc3CCN2CC(=O)N2CCN(C(=O)c3ccc(Cl)cc3Cl)[C@@H](C)C2)cc1. The van der Waals surface area contributed by atoms with E-state index in [9.17, 15) is 9.59 Å². The summed E-state index contributed by atoms with van der Waals surface area (Å²) in [6.07, 6.45) is 0.961. The number of piperazine rings is 1. The van der Waals surface area contributed by atoms with Crippen LogP contribution in [-0.4, -0.2) is 65.3 Å². The van der Waals surface area contributed by atoms with Crippen molar-refractivity contribution in [1.82, 2.24) is 14.7 Å². The molecule has 5 rings (SSSR count). The van der Waals surface area contributed by atoms with Crippen LogP contribution in [0.15, 0.2) is 53.9 Å². The Morgan fingerprint density at radius 3 is 2.53 bits per heavy atom. The van der Waals surface area contributed by atoms with Gasteiger partial charge in [-0.15, -0.1) is 11.3 Å². The van der Waals surface area contributed by atoms with Crippen LogP contribution in [0.1, 0.15) is 44.9 Å². The highest BCUT2D eigenvalue weighted by atomic mass is 35.5. The highest BCUT2D eigenvalue weighted by Crippen LogP contribution is 2.37. The first-order chi connectivity index (χ1) is 17.3. The van der Waals surface area contributed by atoms with Crippen LogP contribution in [0.25, 0.3) is 0 Å². The van der Waals surface area contributed by atoms with Gasteiger partial charge in [0.05, 0.1) is 23.2 Å². The average Bonchev–Trinajstić information content (AvgIpc) is 3.33. The zero-order chi connectivity index (χ0) is 25.4. The monoisotopic (exact) mass is 541 g/mol. The summed E-state index contributed by atoms with van der Waals surface area (Å²) < 4.78 is 0. The molecule has 0 radical (unpaired) electrons. The van der Waals surface area contributed by atoms with Crippen LogP contribution in [0, 0.1) is 6.92 Å². The van der Waals surface area contributed by atoms with Gasteiger partial charge in [-0.05, 0) is 61.0 Å². The van der Waals surface area contributed by atoms with Crippen molar-refractivity contribution in [1.29, 1.82) is 0 Å². The second-order valence-electron chi connectivity index (χ2n) is 9.64. The van der Waals surface area contributed by atoms with Gasteiger partial charge in [-0.25, -0.2) is 0 Å². The van der Waals surface area contributed by atoms with E-state index >= 15 is 0 Å². The molecule has 1 aromatic heterocycles. The Labute approximate surface area is 226 Å². The molecule has 36 heavy (non-hydrogen) atoms. The van der Waals surface area contributed by atoms with Crippen molar-refractivity contribution in [3.63, 3.8) is 0 Å². The van der Waals surface area contributed by atoms with Gasteiger partial charge in [0.25, 0.3) is 5.91 Å². The summed E-state index contributed by atoms with van der Waals surface area (Å²) in [4.78, 5) is 34.0. The molecular formula is C28H29Cl2N3O2S. The number of amides is 2. The summed E-state index contributed by atoms with van der Waals surface area (Å²) in [5.74, 6) is -0.0222. The van der Waals surface area contributed by atoms with Gasteiger partial charge in [-0.1, -0.05) is 53.0 Å². The van der Waals surface area contributed by atoms with Crippen molar-refractivity contribution >= 4 is 46.4 Å². The van der Waals surface area contributed by atoms with Crippen LogP contribution in [0.5, 0.6) is 0 Å². The van der Waals surface area contributed by atoms with E-state index in [1.54, 1.807) is 34.4 Å². The smallest absolute Gasteiger partial charge is 0.255 e. The van der Waals surface area contributed by atoms with Crippen LogP contribution in [-0.2, 0) is 11.2 Å². The molecule has 1 saturated heterocycles. The number of rotatable bonds is 4. The molecule has 2 aromatic carbocycles. The van der Waals surface area contributed by atoms with Crippen LogP contribution < -0.4 is 0 Å². The molecule has 0 unspecified atom stereocenters. The second-order valence-corrected chi connectivity index (χ2v) is 11.5. The van der Waals surface area contributed by atoms with E-state index in [-0.39, 0.29) is 23.9 Å². The van der Waals surface area contributed by atoms with E-state index in [1.807, 2.05) is 11.8 Å². The van der Waals surface area contributed by atoms with Gasteiger partial charge in [0.1, 0.15) is 0 Å². The summed E-state index contributed by atoms with van der Waals surface area (Å²) in [7, 11) is 0. The van der Waals surface area contributed by atoms with Crippen molar-refractivity contribution in [2.24, 2.45) is 0 Å². The molecule has 2 aliphatic heterocycles. The Kier molecular flexibility index (Phi) is 7.40. The molecule has 0 aliphatic carbocycles. The minimum Gasteiger partial charge on any atom is -0.338 e. The van der Waals surface area contributed by atoms with Gasteiger partial charge in [0.2, 0.25) is 5.91 Å². The molecule has 188 valence electrons. The first-order valence-electron chi connectivity index (χ1n) is 12.2.